The highest BCUT2D eigenvalue weighted by Crippen LogP contribution is 2.02. The molecular formula is C14H29N3O3. The highest BCUT2D eigenvalue weighted by molar-refractivity contribution is 5.74. The second-order valence-electron chi connectivity index (χ2n) is 5.90. The van der Waals surface area contributed by atoms with Crippen LogP contribution in [0, 0.1) is 11.8 Å². The number of carbonyl (C=O) groups is 2. The summed E-state index contributed by atoms with van der Waals surface area (Å²) >= 11 is 0. The van der Waals surface area contributed by atoms with E-state index in [1.54, 1.807) is 11.8 Å². The van der Waals surface area contributed by atoms with Crippen molar-refractivity contribution in [2.24, 2.45) is 11.8 Å². The first-order valence-corrected chi connectivity index (χ1v) is 7.14. The van der Waals surface area contributed by atoms with E-state index in [1.165, 1.54) is 0 Å². The Morgan fingerprint density at radius 1 is 1.15 bits per heavy atom. The van der Waals surface area contributed by atoms with E-state index in [-0.39, 0.29) is 6.03 Å². The van der Waals surface area contributed by atoms with Gasteiger partial charge in [0.25, 0.3) is 0 Å². The quantitative estimate of drug-likeness (QED) is 0.671. The first-order valence-electron chi connectivity index (χ1n) is 7.14. The Morgan fingerprint density at radius 3 is 2.20 bits per heavy atom. The molecule has 0 aromatic rings. The number of carbonyl (C=O) groups excluding carboxylic acids is 1. The maximum Gasteiger partial charge on any atom is 0.317 e. The molecule has 1 unspecified atom stereocenters. The van der Waals surface area contributed by atoms with E-state index in [0.717, 1.165) is 6.54 Å². The number of carboxylic acid groups (broad SMARTS) is 1. The van der Waals surface area contributed by atoms with Crippen LogP contribution in [0.25, 0.3) is 0 Å². The number of aliphatic carboxylic acids is 1. The second kappa shape index (κ2) is 9.58. The summed E-state index contributed by atoms with van der Waals surface area (Å²) in [7, 11) is 3.94. The van der Waals surface area contributed by atoms with Crippen molar-refractivity contribution in [2.45, 2.75) is 27.2 Å². The molecule has 0 heterocycles. The number of nitrogens with zero attached hydrogens (tertiary/aromatic N) is 2. The van der Waals surface area contributed by atoms with Crippen LogP contribution in [0.5, 0.6) is 0 Å². The van der Waals surface area contributed by atoms with Gasteiger partial charge in [-0.3, -0.25) is 4.79 Å². The van der Waals surface area contributed by atoms with Gasteiger partial charge in [-0.2, -0.15) is 0 Å². The van der Waals surface area contributed by atoms with Crippen LogP contribution in [-0.4, -0.2) is 67.2 Å². The molecule has 1 atom stereocenters. The molecule has 6 nitrogen and oxygen atoms in total. The van der Waals surface area contributed by atoms with E-state index < -0.39 is 11.9 Å². The fraction of sp³-hybridized carbons (Fsp3) is 0.857. The Hall–Kier alpha value is -1.30. The lowest BCUT2D eigenvalue weighted by molar-refractivity contribution is -0.141. The van der Waals surface area contributed by atoms with Crippen molar-refractivity contribution in [3.63, 3.8) is 0 Å². The number of hydrogen-bond acceptors (Lipinski definition) is 3. The minimum absolute atomic E-state index is 0.113. The van der Waals surface area contributed by atoms with E-state index in [9.17, 15) is 9.59 Å². The molecule has 0 saturated heterocycles. The predicted molar refractivity (Wildman–Crippen MR) is 79.8 cm³/mol. The summed E-state index contributed by atoms with van der Waals surface area (Å²) in [6.45, 7) is 8.37. The normalized spacial score (nSPS) is 12.6. The summed E-state index contributed by atoms with van der Waals surface area (Å²) in [5, 5.41) is 11.6. The molecule has 0 spiro atoms. The van der Waals surface area contributed by atoms with Crippen molar-refractivity contribution in [3.05, 3.63) is 0 Å². The molecule has 0 aliphatic heterocycles. The molecule has 0 aliphatic carbocycles. The molecule has 2 amide bonds. The number of urea groups is 1. The summed E-state index contributed by atoms with van der Waals surface area (Å²) in [6.07, 6.45) is 0.449. The molecule has 0 aromatic carbocycles. The maximum absolute atomic E-state index is 12.1. The van der Waals surface area contributed by atoms with Crippen molar-refractivity contribution >= 4 is 12.0 Å². The minimum atomic E-state index is -0.828. The third kappa shape index (κ3) is 8.74. The number of amides is 2. The van der Waals surface area contributed by atoms with E-state index in [4.69, 9.17) is 5.11 Å². The Labute approximate surface area is 122 Å². The van der Waals surface area contributed by atoms with Crippen molar-refractivity contribution in [1.29, 1.82) is 0 Å². The van der Waals surface area contributed by atoms with Crippen LogP contribution in [0.3, 0.4) is 0 Å². The summed E-state index contributed by atoms with van der Waals surface area (Å²) in [6, 6.07) is -0.113. The van der Waals surface area contributed by atoms with E-state index in [0.29, 0.717) is 32.0 Å². The summed E-state index contributed by atoms with van der Waals surface area (Å²) in [5.74, 6) is -0.859. The molecule has 0 saturated carbocycles. The average Bonchev–Trinajstić information content (AvgIpc) is 2.33. The van der Waals surface area contributed by atoms with E-state index in [1.807, 2.05) is 19.0 Å². The molecule has 118 valence electrons. The molecule has 0 rings (SSSR count). The Bertz CT molecular complexity index is 306. The van der Waals surface area contributed by atoms with Crippen LogP contribution >= 0.6 is 0 Å². The molecule has 20 heavy (non-hydrogen) atoms. The van der Waals surface area contributed by atoms with Gasteiger partial charge in [0, 0.05) is 26.2 Å². The smallest absolute Gasteiger partial charge is 0.317 e. The summed E-state index contributed by atoms with van der Waals surface area (Å²) < 4.78 is 0. The number of nitrogens with one attached hydrogen (secondary N) is 1. The van der Waals surface area contributed by atoms with Crippen LogP contribution in [-0.2, 0) is 4.79 Å². The number of likely N-dealkylation sites (N-methyl/N-ethyl adjacent to an activating group) is 1. The summed E-state index contributed by atoms with van der Waals surface area (Å²) in [4.78, 5) is 26.6. The number of rotatable bonds is 9. The van der Waals surface area contributed by atoms with Gasteiger partial charge >= 0.3 is 12.0 Å². The number of hydrogen-bond donors (Lipinski definition) is 2. The van der Waals surface area contributed by atoms with Crippen molar-refractivity contribution in [1.82, 2.24) is 15.1 Å². The van der Waals surface area contributed by atoms with Crippen LogP contribution in [0.1, 0.15) is 27.2 Å². The van der Waals surface area contributed by atoms with Crippen molar-refractivity contribution in [3.8, 4) is 0 Å². The van der Waals surface area contributed by atoms with Crippen molar-refractivity contribution in [2.75, 3.05) is 40.3 Å². The first-order chi connectivity index (χ1) is 9.23. The Kier molecular flexibility index (Phi) is 8.96. The van der Waals surface area contributed by atoms with Crippen LogP contribution in [0.15, 0.2) is 0 Å². The standard InChI is InChI=1S/C14H29N3O3/c1-11(2)10-17(9-8-16(4)5)14(20)15-7-6-12(3)13(18)19/h11-12H,6-10H2,1-5H3,(H,15,20)(H,18,19). The minimum Gasteiger partial charge on any atom is -0.481 e. The molecule has 6 heteroatoms. The molecule has 0 radical (unpaired) electrons. The SMILES string of the molecule is CC(C)CN(CCN(C)C)C(=O)NCCC(C)C(=O)O. The average molecular weight is 287 g/mol. The van der Waals surface area contributed by atoms with E-state index >= 15 is 0 Å². The van der Waals surface area contributed by atoms with Gasteiger partial charge in [-0.05, 0) is 26.4 Å². The number of carboxylic acids is 1. The van der Waals surface area contributed by atoms with Gasteiger partial charge in [0.15, 0.2) is 0 Å². The fourth-order valence-electron chi connectivity index (χ4n) is 1.67. The molecule has 0 aromatic heterocycles. The first kappa shape index (κ1) is 18.7. The molecular weight excluding hydrogens is 258 g/mol. The Morgan fingerprint density at radius 2 is 1.75 bits per heavy atom. The van der Waals surface area contributed by atoms with Gasteiger partial charge < -0.3 is 20.2 Å². The van der Waals surface area contributed by atoms with Crippen LogP contribution < -0.4 is 5.32 Å². The molecule has 0 aliphatic rings. The summed E-state index contributed by atoms with van der Waals surface area (Å²) in [5.41, 5.74) is 0. The second-order valence-corrected chi connectivity index (χ2v) is 5.90. The van der Waals surface area contributed by atoms with Gasteiger partial charge in [-0.25, -0.2) is 4.79 Å². The van der Waals surface area contributed by atoms with Crippen LogP contribution in [0.2, 0.25) is 0 Å². The van der Waals surface area contributed by atoms with Gasteiger partial charge in [-0.15, -0.1) is 0 Å². The third-order valence-electron chi connectivity index (χ3n) is 2.97. The van der Waals surface area contributed by atoms with Crippen molar-refractivity contribution < 1.29 is 14.7 Å². The van der Waals surface area contributed by atoms with Gasteiger partial charge in [0.05, 0.1) is 5.92 Å². The zero-order chi connectivity index (χ0) is 15.7. The largest absolute Gasteiger partial charge is 0.481 e. The molecule has 0 bridgehead atoms. The van der Waals surface area contributed by atoms with E-state index in [2.05, 4.69) is 19.2 Å². The lowest BCUT2D eigenvalue weighted by Crippen LogP contribution is -2.45. The zero-order valence-corrected chi connectivity index (χ0v) is 13.3. The van der Waals surface area contributed by atoms with Crippen LogP contribution in [0.4, 0.5) is 4.79 Å². The molecule has 2 N–H and O–H groups in total. The lowest BCUT2D eigenvalue weighted by Gasteiger charge is -2.26. The predicted octanol–water partition coefficient (Wildman–Crippen LogP) is 1.33. The highest BCUT2D eigenvalue weighted by Gasteiger charge is 2.16. The monoisotopic (exact) mass is 287 g/mol. The van der Waals surface area contributed by atoms with Gasteiger partial charge in [0.1, 0.15) is 0 Å². The topological polar surface area (TPSA) is 72.9 Å². The Balaban J connectivity index is 4.22. The maximum atomic E-state index is 12.1. The lowest BCUT2D eigenvalue weighted by atomic mass is 10.1. The third-order valence-corrected chi connectivity index (χ3v) is 2.97. The fourth-order valence-corrected chi connectivity index (χ4v) is 1.67. The molecule has 0 fully saturated rings. The highest BCUT2D eigenvalue weighted by atomic mass is 16.4. The van der Waals surface area contributed by atoms with Gasteiger partial charge in [-0.1, -0.05) is 20.8 Å². The zero-order valence-electron chi connectivity index (χ0n) is 13.3. The van der Waals surface area contributed by atoms with Gasteiger partial charge in [0.2, 0.25) is 0 Å².